The number of likely N-dealkylation sites (tertiary alicyclic amines) is 1. The quantitative estimate of drug-likeness (QED) is 0.802. The summed E-state index contributed by atoms with van der Waals surface area (Å²) in [4.78, 5) is 38.4. The second-order valence-corrected chi connectivity index (χ2v) is 7.04. The summed E-state index contributed by atoms with van der Waals surface area (Å²) in [6.45, 7) is 4.25. The molecule has 3 rings (SSSR count). The van der Waals surface area contributed by atoms with Crippen molar-refractivity contribution < 1.29 is 14.4 Å². The van der Waals surface area contributed by atoms with Crippen LogP contribution < -0.4 is 5.32 Å². The molecule has 136 valence electrons. The number of carbonyl (C=O) groups is 3. The Hall–Kier alpha value is -2.18. The molecule has 2 aliphatic rings. The number of hydrogen-bond acceptors (Lipinski definition) is 4. The summed E-state index contributed by atoms with van der Waals surface area (Å²) in [5, 5.41) is 7.07. The molecule has 1 aromatic heterocycles. The molecular formula is C18H26N4O3. The van der Waals surface area contributed by atoms with E-state index in [0.717, 1.165) is 32.1 Å². The topological polar surface area (TPSA) is 84.3 Å². The Morgan fingerprint density at radius 3 is 2.52 bits per heavy atom. The van der Waals surface area contributed by atoms with Gasteiger partial charge < -0.3 is 5.32 Å². The molecule has 2 heterocycles. The number of imide groups is 1. The highest BCUT2D eigenvalue weighted by Crippen LogP contribution is 2.37. The van der Waals surface area contributed by atoms with Gasteiger partial charge in [0.1, 0.15) is 5.82 Å². The normalized spacial score (nSPS) is 24.3. The number of aromatic nitrogens is 2. The van der Waals surface area contributed by atoms with Gasteiger partial charge in [0, 0.05) is 19.0 Å². The Balaban J connectivity index is 1.57. The van der Waals surface area contributed by atoms with Gasteiger partial charge in [0.2, 0.25) is 17.7 Å². The molecule has 25 heavy (non-hydrogen) atoms. The lowest BCUT2D eigenvalue weighted by Crippen LogP contribution is -2.34. The van der Waals surface area contributed by atoms with Gasteiger partial charge in [-0.3, -0.25) is 19.3 Å². The van der Waals surface area contributed by atoms with Crippen molar-refractivity contribution in [3.05, 3.63) is 12.3 Å². The summed E-state index contributed by atoms with van der Waals surface area (Å²) >= 11 is 0. The first kappa shape index (κ1) is 17.6. The van der Waals surface area contributed by atoms with Crippen LogP contribution >= 0.6 is 0 Å². The lowest BCUT2D eigenvalue weighted by atomic mass is 9.81. The van der Waals surface area contributed by atoms with E-state index in [1.807, 2.05) is 6.92 Å². The van der Waals surface area contributed by atoms with E-state index in [-0.39, 0.29) is 48.6 Å². The molecule has 0 bridgehead atoms. The lowest BCUT2D eigenvalue weighted by Gasteiger charge is -2.19. The molecule has 0 unspecified atom stereocenters. The van der Waals surface area contributed by atoms with Crippen molar-refractivity contribution in [2.45, 2.75) is 58.4 Å². The molecule has 0 aromatic carbocycles. The van der Waals surface area contributed by atoms with Crippen LogP contribution in [0.25, 0.3) is 0 Å². The van der Waals surface area contributed by atoms with E-state index in [1.54, 1.807) is 16.9 Å². The van der Waals surface area contributed by atoms with Crippen LogP contribution in [0.2, 0.25) is 0 Å². The smallest absolute Gasteiger partial charge is 0.233 e. The van der Waals surface area contributed by atoms with Crippen molar-refractivity contribution >= 4 is 23.5 Å². The third kappa shape index (κ3) is 3.45. The van der Waals surface area contributed by atoms with Gasteiger partial charge >= 0.3 is 0 Å². The van der Waals surface area contributed by atoms with Gasteiger partial charge in [-0.2, -0.15) is 5.10 Å². The second kappa shape index (κ2) is 7.37. The Morgan fingerprint density at radius 1 is 1.28 bits per heavy atom. The van der Waals surface area contributed by atoms with Crippen molar-refractivity contribution in [3.8, 4) is 0 Å². The third-order valence-electron chi connectivity index (χ3n) is 5.44. The van der Waals surface area contributed by atoms with Gasteiger partial charge in [-0.25, -0.2) is 4.68 Å². The Bertz CT molecular complexity index is 645. The van der Waals surface area contributed by atoms with E-state index in [2.05, 4.69) is 17.3 Å². The predicted molar refractivity (Wildman–Crippen MR) is 92.6 cm³/mol. The number of amides is 3. The van der Waals surface area contributed by atoms with Crippen LogP contribution in [0, 0.1) is 11.8 Å². The van der Waals surface area contributed by atoms with Crippen LogP contribution in [0.15, 0.2) is 12.3 Å². The molecule has 3 amide bonds. The molecule has 1 saturated carbocycles. The van der Waals surface area contributed by atoms with Crippen LogP contribution in [-0.4, -0.2) is 38.9 Å². The molecule has 1 saturated heterocycles. The van der Waals surface area contributed by atoms with Crippen LogP contribution in [0.4, 0.5) is 5.82 Å². The number of carbonyl (C=O) groups excluding carboxylic acids is 3. The highest BCUT2D eigenvalue weighted by atomic mass is 16.2. The molecule has 7 heteroatoms. The second-order valence-electron chi connectivity index (χ2n) is 7.04. The SMILES string of the molecule is CC[C@@H](C)n1nccc1NC(=O)CCN1C(=O)[C@H]2CCCC[C@H]2C1=O. The summed E-state index contributed by atoms with van der Waals surface area (Å²) in [7, 11) is 0. The van der Waals surface area contributed by atoms with Crippen molar-refractivity contribution in [2.75, 3.05) is 11.9 Å². The highest BCUT2D eigenvalue weighted by molar-refractivity contribution is 6.05. The van der Waals surface area contributed by atoms with E-state index in [0.29, 0.717) is 5.82 Å². The number of nitrogens with zero attached hydrogens (tertiary/aromatic N) is 3. The van der Waals surface area contributed by atoms with Gasteiger partial charge in [0.05, 0.1) is 24.1 Å². The largest absolute Gasteiger partial charge is 0.311 e. The summed E-state index contributed by atoms with van der Waals surface area (Å²) in [5.41, 5.74) is 0. The van der Waals surface area contributed by atoms with Crippen molar-refractivity contribution in [1.82, 2.24) is 14.7 Å². The van der Waals surface area contributed by atoms with Gasteiger partial charge in [-0.05, 0) is 26.2 Å². The standard InChI is InChI=1S/C18H26N4O3/c1-3-12(2)22-15(8-10-19-22)20-16(23)9-11-21-17(24)13-6-4-5-7-14(13)18(21)25/h8,10,12-14H,3-7,9,11H2,1-2H3,(H,20,23)/t12-,13-,14+/m1/s1. The average molecular weight is 346 g/mol. The lowest BCUT2D eigenvalue weighted by molar-refractivity contribution is -0.140. The van der Waals surface area contributed by atoms with E-state index < -0.39 is 0 Å². The van der Waals surface area contributed by atoms with Gasteiger partial charge in [0.25, 0.3) is 0 Å². The number of hydrogen-bond donors (Lipinski definition) is 1. The molecule has 0 spiro atoms. The maximum absolute atomic E-state index is 12.4. The summed E-state index contributed by atoms with van der Waals surface area (Å²) in [5.74, 6) is -0.0563. The summed E-state index contributed by atoms with van der Waals surface area (Å²) in [6.07, 6.45) is 6.28. The number of anilines is 1. The van der Waals surface area contributed by atoms with Crippen LogP contribution in [0.1, 0.15) is 58.4 Å². The minimum Gasteiger partial charge on any atom is -0.311 e. The van der Waals surface area contributed by atoms with Crippen molar-refractivity contribution in [3.63, 3.8) is 0 Å². The Kier molecular flexibility index (Phi) is 5.20. The van der Waals surface area contributed by atoms with Gasteiger partial charge in [0.15, 0.2) is 0 Å². The van der Waals surface area contributed by atoms with Crippen LogP contribution in [-0.2, 0) is 14.4 Å². The number of rotatable bonds is 6. The zero-order valence-electron chi connectivity index (χ0n) is 14.9. The molecule has 2 fully saturated rings. The van der Waals surface area contributed by atoms with E-state index in [9.17, 15) is 14.4 Å². The molecule has 3 atom stereocenters. The maximum atomic E-state index is 12.4. The molecule has 1 aromatic rings. The molecule has 7 nitrogen and oxygen atoms in total. The average Bonchev–Trinajstić information content (AvgIpc) is 3.17. The monoisotopic (exact) mass is 346 g/mol. The zero-order valence-corrected chi connectivity index (χ0v) is 14.9. The predicted octanol–water partition coefficient (Wildman–Crippen LogP) is 2.36. The fourth-order valence-electron chi connectivity index (χ4n) is 3.81. The van der Waals surface area contributed by atoms with Crippen molar-refractivity contribution in [2.24, 2.45) is 11.8 Å². The molecule has 1 aliphatic carbocycles. The zero-order chi connectivity index (χ0) is 18.0. The minimum atomic E-state index is -0.208. The van der Waals surface area contributed by atoms with Crippen molar-refractivity contribution in [1.29, 1.82) is 0 Å². The Morgan fingerprint density at radius 2 is 1.92 bits per heavy atom. The number of nitrogens with one attached hydrogen (secondary N) is 1. The third-order valence-corrected chi connectivity index (χ3v) is 5.44. The Labute approximate surface area is 147 Å². The molecular weight excluding hydrogens is 320 g/mol. The first-order valence-electron chi connectivity index (χ1n) is 9.21. The van der Waals surface area contributed by atoms with E-state index >= 15 is 0 Å². The van der Waals surface area contributed by atoms with Gasteiger partial charge in [-0.15, -0.1) is 0 Å². The molecule has 1 aliphatic heterocycles. The number of fused-ring (bicyclic) bond motifs is 1. The fraction of sp³-hybridized carbons (Fsp3) is 0.667. The van der Waals surface area contributed by atoms with E-state index in [1.165, 1.54) is 4.90 Å². The molecule has 0 radical (unpaired) electrons. The molecule has 1 N–H and O–H groups in total. The maximum Gasteiger partial charge on any atom is 0.233 e. The fourth-order valence-corrected chi connectivity index (χ4v) is 3.81. The van der Waals surface area contributed by atoms with E-state index in [4.69, 9.17) is 0 Å². The van der Waals surface area contributed by atoms with Crippen LogP contribution in [0.3, 0.4) is 0 Å². The minimum absolute atomic E-state index is 0.0906. The highest BCUT2D eigenvalue weighted by Gasteiger charge is 2.47. The first-order chi connectivity index (χ1) is 12.0. The van der Waals surface area contributed by atoms with Gasteiger partial charge in [-0.1, -0.05) is 19.8 Å². The summed E-state index contributed by atoms with van der Waals surface area (Å²) in [6, 6.07) is 1.94. The summed E-state index contributed by atoms with van der Waals surface area (Å²) < 4.78 is 1.78. The first-order valence-corrected chi connectivity index (χ1v) is 9.21. The van der Waals surface area contributed by atoms with Crippen LogP contribution in [0.5, 0.6) is 0 Å².